The van der Waals surface area contributed by atoms with E-state index in [9.17, 15) is 9.59 Å². The highest BCUT2D eigenvalue weighted by Crippen LogP contribution is 2.36. The van der Waals surface area contributed by atoms with Crippen molar-refractivity contribution in [1.82, 2.24) is 0 Å². The second kappa shape index (κ2) is 10.6. The van der Waals surface area contributed by atoms with E-state index < -0.39 is 5.97 Å². The number of ether oxygens (including phenoxy) is 2. The van der Waals surface area contributed by atoms with Crippen LogP contribution in [0.3, 0.4) is 0 Å². The van der Waals surface area contributed by atoms with Crippen molar-refractivity contribution in [2.75, 3.05) is 18.5 Å². The Kier molecular flexibility index (Phi) is 7.87. The summed E-state index contributed by atoms with van der Waals surface area (Å²) in [6, 6.07) is 15.3. The minimum atomic E-state index is -0.470. The molecule has 3 aromatic rings. The van der Waals surface area contributed by atoms with Crippen molar-refractivity contribution in [2.45, 2.75) is 26.7 Å². The molecule has 2 aromatic carbocycles. The molecule has 7 heteroatoms. The highest BCUT2D eigenvalue weighted by molar-refractivity contribution is 9.10. The van der Waals surface area contributed by atoms with Crippen LogP contribution in [0.1, 0.15) is 42.6 Å². The number of amides is 1. The summed E-state index contributed by atoms with van der Waals surface area (Å²) >= 11 is 4.70. The maximum absolute atomic E-state index is 12.6. The minimum absolute atomic E-state index is 0.157. The van der Waals surface area contributed by atoms with Crippen molar-refractivity contribution in [1.29, 1.82) is 0 Å². The predicted molar refractivity (Wildman–Crippen MR) is 128 cm³/mol. The van der Waals surface area contributed by atoms with E-state index in [4.69, 9.17) is 9.47 Å². The topological polar surface area (TPSA) is 64.6 Å². The van der Waals surface area contributed by atoms with Crippen LogP contribution >= 0.6 is 27.3 Å². The van der Waals surface area contributed by atoms with Crippen LogP contribution in [0.5, 0.6) is 5.75 Å². The first-order valence-corrected chi connectivity index (χ1v) is 11.6. The molecular weight excluding hydrogens is 478 g/mol. The predicted octanol–water partition coefficient (Wildman–Crippen LogP) is 6.50. The second-order valence-electron chi connectivity index (χ2n) is 7.14. The van der Waals surface area contributed by atoms with Gasteiger partial charge in [-0.05, 0) is 48.2 Å². The molecule has 0 aliphatic rings. The van der Waals surface area contributed by atoms with Gasteiger partial charge in [0.25, 0.3) is 5.91 Å². The lowest BCUT2D eigenvalue weighted by Gasteiger charge is -2.11. The molecule has 0 radical (unpaired) electrons. The molecule has 0 saturated heterocycles. The zero-order chi connectivity index (χ0) is 22.4. The van der Waals surface area contributed by atoms with Crippen LogP contribution in [-0.2, 0) is 9.53 Å². The van der Waals surface area contributed by atoms with E-state index in [1.807, 2.05) is 53.9 Å². The third kappa shape index (κ3) is 5.95. The van der Waals surface area contributed by atoms with Gasteiger partial charge in [0, 0.05) is 15.4 Å². The van der Waals surface area contributed by atoms with E-state index in [0.717, 1.165) is 21.2 Å². The molecule has 0 fully saturated rings. The van der Waals surface area contributed by atoms with Crippen molar-refractivity contribution >= 4 is 44.1 Å². The molecule has 5 nitrogen and oxygen atoms in total. The number of hydrogen-bond donors (Lipinski definition) is 1. The van der Waals surface area contributed by atoms with E-state index in [1.165, 1.54) is 11.3 Å². The number of rotatable bonds is 8. The van der Waals surface area contributed by atoms with E-state index in [2.05, 4.69) is 35.1 Å². The largest absolute Gasteiger partial charge is 0.484 e. The Morgan fingerprint density at radius 2 is 1.87 bits per heavy atom. The number of nitrogens with one attached hydrogen (secondary N) is 1. The van der Waals surface area contributed by atoms with E-state index in [1.54, 1.807) is 6.92 Å². The monoisotopic (exact) mass is 501 g/mol. The zero-order valence-electron chi connectivity index (χ0n) is 17.6. The quantitative estimate of drug-likeness (QED) is 0.358. The Balaban J connectivity index is 1.77. The standard InChI is InChI=1S/C24H24BrNO4S/c1-4-29-24(28)22-20(16-8-10-18(25)11-9-16)14-31-23(22)26-21(27)13-30-19-7-5-6-17(12-19)15(2)3/h5-12,14-15H,4,13H2,1-3H3,(H,26,27). The molecule has 1 amide bonds. The summed E-state index contributed by atoms with van der Waals surface area (Å²) in [5.74, 6) is 0.189. The maximum atomic E-state index is 12.6. The SMILES string of the molecule is CCOC(=O)c1c(-c2ccc(Br)cc2)csc1NC(=O)COc1cccc(C(C)C)c1. The van der Waals surface area contributed by atoms with Gasteiger partial charge in [0.15, 0.2) is 6.61 Å². The fraction of sp³-hybridized carbons (Fsp3) is 0.250. The highest BCUT2D eigenvalue weighted by Gasteiger charge is 2.23. The molecule has 1 aromatic heterocycles. The molecule has 0 unspecified atom stereocenters. The maximum Gasteiger partial charge on any atom is 0.341 e. The lowest BCUT2D eigenvalue weighted by molar-refractivity contribution is -0.118. The molecule has 0 aliphatic carbocycles. The van der Waals surface area contributed by atoms with Gasteiger partial charge in [-0.15, -0.1) is 11.3 Å². The number of carbonyl (C=O) groups excluding carboxylic acids is 2. The third-order valence-electron chi connectivity index (χ3n) is 4.57. The van der Waals surface area contributed by atoms with Crippen molar-refractivity contribution < 1.29 is 19.1 Å². The minimum Gasteiger partial charge on any atom is -0.484 e. The smallest absolute Gasteiger partial charge is 0.341 e. The Bertz CT molecular complexity index is 1060. The van der Waals surface area contributed by atoms with Gasteiger partial charge in [0.05, 0.1) is 6.61 Å². The van der Waals surface area contributed by atoms with Crippen molar-refractivity contribution in [3.8, 4) is 16.9 Å². The number of benzene rings is 2. The lowest BCUT2D eigenvalue weighted by Crippen LogP contribution is -2.21. The normalized spacial score (nSPS) is 10.7. The van der Waals surface area contributed by atoms with Gasteiger partial charge in [-0.3, -0.25) is 4.79 Å². The molecule has 0 spiro atoms. The Hall–Kier alpha value is -2.64. The van der Waals surface area contributed by atoms with Gasteiger partial charge in [0.1, 0.15) is 16.3 Å². The van der Waals surface area contributed by atoms with Crippen LogP contribution in [0.25, 0.3) is 11.1 Å². The fourth-order valence-electron chi connectivity index (χ4n) is 2.97. The van der Waals surface area contributed by atoms with Gasteiger partial charge < -0.3 is 14.8 Å². The van der Waals surface area contributed by atoms with Gasteiger partial charge in [-0.25, -0.2) is 4.79 Å². The zero-order valence-corrected chi connectivity index (χ0v) is 20.0. The van der Waals surface area contributed by atoms with Crippen LogP contribution in [-0.4, -0.2) is 25.1 Å². The first-order chi connectivity index (χ1) is 14.9. The van der Waals surface area contributed by atoms with E-state index in [0.29, 0.717) is 22.2 Å². The molecule has 1 heterocycles. The fourth-order valence-corrected chi connectivity index (χ4v) is 4.21. The summed E-state index contributed by atoms with van der Waals surface area (Å²) in [6.07, 6.45) is 0. The lowest BCUT2D eigenvalue weighted by atomic mass is 10.0. The summed E-state index contributed by atoms with van der Waals surface area (Å²) in [6.45, 7) is 6.04. The molecule has 162 valence electrons. The van der Waals surface area contributed by atoms with Gasteiger partial charge in [-0.1, -0.05) is 54.0 Å². The van der Waals surface area contributed by atoms with E-state index in [-0.39, 0.29) is 19.1 Å². The second-order valence-corrected chi connectivity index (χ2v) is 8.94. The number of esters is 1. The molecule has 3 rings (SSSR count). The Morgan fingerprint density at radius 3 is 2.55 bits per heavy atom. The Morgan fingerprint density at radius 1 is 1.13 bits per heavy atom. The number of halogens is 1. The highest BCUT2D eigenvalue weighted by atomic mass is 79.9. The van der Waals surface area contributed by atoms with Crippen LogP contribution in [0.15, 0.2) is 58.4 Å². The molecule has 0 bridgehead atoms. The molecular formula is C24H24BrNO4S. The molecule has 31 heavy (non-hydrogen) atoms. The molecule has 1 N–H and O–H groups in total. The average Bonchev–Trinajstić information content (AvgIpc) is 3.16. The number of hydrogen-bond acceptors (Lipinski definition) is 5. The first-order valence-electron chi connectivity index (χ1n) is 9.96. The average molecular weight is 502 g/mol. The number of anilines is 1. The van der Waals surface area contributed by atoms with Crippen molar-refractivity contribution in [2.24, 2.45) is 0 Å². The van der Waals surface area contributed by atoms with Crippen LogP contribution < -0.4 is 10.1 Å². The summed E-state index contributed by atoms with van der Waals surface area (Å²) < 4.78 is 11.8. The Labute approximate surface area is 194 Å². The van der Waals surface area contributed by atoms with Crippen LogP contribution in [0.4, 0.5) is 5.00 Å². The van der Waals surface area contributed by atoms with Gasteiger partial charge in [0.2, 0.25) is 0 Å². The van der Waals surface area contributed by atoms with Gasteiger partial charge in [-0.2, -0.15) is 0 Å². The third-order valence-corrected chi connectivity index (χ3v) is 6.00. The van der Waals surface area contributed by atoms with E-state index >= 15 is 0 Å². The summed E-state index contributed by atoms with van der Waals surface area (Å²) in [7, 11) is 0. The number of thiophene rings is 1. The molecule has 0 atom stereocenters. The first kappa shape index (κ1) is 23.0. The van der Waals surface area contributed by atoms with Crippen molar-refractivity contribution in [3.05, 3.63) is 69.5 Å². The summed E-state index contributed by atoms with van der Waals surface area (Å²) in [4.78, 5) is 25.2. The molecule has 0 saturated carbocycles. The summed E-state index contributed by atoms with van der Waals surface area (Å²) in [5.41, 5.74) is 3.07. The summed E-state index contributed by atoms with van der Waals surface area (Å²) in [5, 5.41) is 5.09. The van der Waals surface area contributed by atoms with Gasteiger partial charge >= 0.3 is 5.97 Å². The van der Waals surface area contributed by atoms with Crippen LogP contribution in [0, 0.1) is 0 Å². The van der Waals surface area contributed by atoms with Crippen molar-refractivity contribution in [3.63, 3.8) is 0 Å². The van der Waals surface area contributed by atoms with Crippen LogP contribution in [0.2, 0.25) is 0 Å². The number of carbonyl (C=O) groups is 2. The molecule has 0 aliphatic heterocycles.